The molecule has 8 heteroatoms. The highest BCUT2D eigenvalue weighted by atomic mass is 32.2. The highest BCUT2D eigenvalue weighted by Crippen LogP contribution is 2.27. The average Bonchev–Trinajstić information content (AvgIpc) is 3.19. The smallest absolute Gasteiger partial charge is 0.262 e. The number of Topliss-reactive ketones (excluding diaryl/α,β-unsaturated/α-hetero) is 1. The Bertz CT molecular complexity index is 1300. The van der Waals surface area contributed by atoms with Gasteiger partial charge in [0.05, 0.1) is 16.2 Å². The molecule has 1 unspecified atom stereocenters. The number of aryl methyl sites for hydroxylation is 1. The van der Waals surface area contributed by atoms with Crippen LogP contribution in [0.4, 0.5) is 4.39 Å². The van der Waals surface area contributed by atoms with E-state index in [0.29, 0.717) is 33.9 Å². The number of aromatic nitrogens is 4. The van der Waals surface area contributed by atoms with Crippen molar-refractivity contribution in [3.05, 3.63) is 70.3 Å². The summed E-state index contributed by atoms with van der Waals surface area (Å²) in [5, 5.41) is 9.28. The number of rotatable bonds is 8. The fourth-order valence-corrected chi connectivity index (χ4v) is 4.52. The number of hydrogen-bond donors (Lipinski definition) is 0. The summed E-state index contributed by atoms with van der Waals surface area (Å²) >= 11 is 1.28. The summed E-state index contributed by atoms with van der Waals surface area (Å²) in [7, 11) is 0. The Morgan fingerprint density at radius 1 is 1.10 bits per heavy atom. The highest BCUT2D eigenvalue weighted by Gasteiger charge is 2.22. The molecule has 2 aromatic heterocycles. The van der Waals surface area contributed by atoms with Crippen molar-refractivity contribution in [3.63, 3.8) is 0 Å². The minimum Gasteiger partial charge on any atom is -0.293 e. The van der Waals surface area contributed by atoms with Crippen molar-refractivity contribution in [1.82, 2.24) is 19.2 Å². The van der Waals surface area contributed by atoms with Crippen LogP contribution in [0.5, 0.6) is 0 Å². The first-order chi connectivity index (χ1) is 15.0. The molecular formula is C23H23FN4O2S. The number of unbranched alkanes of at least 4 members (excludes halogenated alkanes) is 2. The Labute approximate surface area is 183 Å². The van der Waals surface area contributed by atoms with E-state index in [4.69, 9.17) is 0 Å². The molecule has 0 radical (unpaired) electrons. The van der Waals surface area contributed by atoms with Crippen LogP contribution in [0, 0.1) is 5.82 Å². The van der Waals surface area contributed by atoms with Crippen LogP contribution in [0.1, 0.15) is 43.5 Å². The molecule has 31 heavy (non-hydrogen) atoms. The van der Waals surface area contributed by atoms with Crippen LogP contribution in [-0.2, 0) is 6.54 Å². The molecule has 0 saturated carbocycles. The molecule has 0 fully saturated rings. The predicted octanol–water partition coefficient (Wildman–Crippen LogP) is 4.74. The van der Waals surface area contributed by atoms with Gasteiger partial charge in [-0.3, -0.25) is 18.6 Å². The number of carbonyl (C=O) groups is 1. The second-order valence-corrected chi connectivity index (χ2v) is 8.74. The quantitative estimate of drug-likeness (QED) is 0.226. The van der Waals surface area contributed by atoms with Crippen LogP contribution in [0.3, 0.4) is 0 Å². The zero-order valence-electron chi connectivity index (χ0n) is 17.4. The van der Waals surface area contributed by atoms with Crippen LogP contribution in [0.2, 0.25) is 0 Å². The molecule has 0 N–H and O–H groups in total. The Balaban J connectivity index is 1.76. The molecule has 0 bridgehead atoms. The third kappa shape index (κ3) is 4.12. The third-order valence-corrected chi connectivity index (χ3v) is 6.29. The minimum atomic E-state index is -0.461. The van der Waals surface area contributed by atoms with E-state index in [1.54, 1.807) is 17.6 Å². The van der Waals surface area contributed by atoms with Gasteiger partial charge < -0.3 is 0 Å². The lowest BCUT2D eigenvalue weighted by Gasteiger charge is -2.12. The summed E-state index contributed by atoms with van der Waals surface area (Å²) in [5.74, 6) is -0.0288. The zero-order chi connectivity index (χ0) is 22.0. The number of thioether (sulfide) groups is 1. The van der Waals surface area contributed by atoms with Gasteiger partial charge in [-0.1, -0.05) is 43.7 Å². The van der Waals surface area contributed by atoms with E-state index in [2.05, 4.69) is 17.1 Å². The van der Waals surface area contributed by atoms with Crippen molar-refractivity contribution in [1.29, 1.82) is 0 Å². The van der Waals surface area contributed by atoms with Crippen molar-refractivity contribution in [3.8, 4) is 0 Å². The average molecular weight is 439 g/mol. The van der Waals surface area contributed by atoms with E-state index in [-0.39, 0.29) is 17.2 Å². The lowest BCUT2D eigenvalue weighted by atomic mass is 10.1. The fraction of sp³-hybridized carbons (Fsp3) is 0.304. The maximum Gasteiger partial charge on any atom is 0.262 e. The first-order valence-corrected chi connectivity index (χ1v) is 11.2. The number of para-hydroxylation sites is 1. The second kappa shape index (κ2) is 9.01. The summed E-state index contributed by atoms with van der Waals surface area (Å²) in [6.07, 6.45) is 2.94. The summed E-state index contributed by atoms with van der Waals surface area (Å²) in [6.45, 7) is 4.47. The number of fused-ring (bicyclic) bond motifs is 3. The van der Waals surface area contributed by atoms with Crippen molar-refractivity contribution in [2.24, 2.45) is 0 Å². The molecule has 0 spiro atoms. The molecule has 0 saturated heterocycles. The Morgan fingerprint density at radius 3 is 2.58 bits per heavy atom. The standard InChI is InChI=1S/C23H23FN4O2S/c1-3-4-7-14-27-21(30)18-8-5-6-9-19(18)28-22(27)25-26-23(28)31-15(2)20(29)16-10-12-17(24)13-11-16/h5-6,8-13,15H,3-4,7,14H2,1-2H3. The summed E-state index contributed by atoms with van der Waals surface area (Å²) in [4.78, 5) is 25.9. The number of hydrogen-bond acceptors (Lipinski definition) is 5. The maximum absolute atomic E-state index is 13.2. The van der Waals surface area contributed by atoms with Crippen LogP contribution in [-0.4, -0.2) is 30.2 Å². The van der Waals surface area contributed by atoms with Gasteiger partial charge in [0, 0.05) is 12.1 Å². The van der Waals surface area contributed by atoms with E-state index in [9.17, 15) is 14.0 Å². The molecule has 0 aliphatic heterocycles. The molecule has 0 aliphatic rings. The largest absolute Gasteiger partial charge is 0.293 e. The second-order valence-electron chi connectivity index (χ2n) is 7.43. The van der Waals surface area contributed by atoms with Gasteiger partial charge in [-0.25, -0.2) is 4.39 Å². The van der Waals surface area contributed by atoms with E-state index in [1.807, 2.05) is 22.6 Å². The van der Waals surface area contributed by atoms with Crippen molar-refractivity contribution >= 4 is 34.2 Å². The van der Waals surface area contributed by atoms with E-state index in [1.165, 1.54) is 36.0 Å². The molecule has 0 aliphatic carbocycles. The van der Waals surface area contributed by atoms with Gasteiger partial charge in [0.25, 0.3) is 5.56 Å². The van der Waals surface area contributed by atoms with Crippen molar-refractivity contribution in [2.45, 2.75) is 50.1 Å². The Kier molecular flexibility index (Phi) is 6.18. The predicted molar refractivity (Wildman–Crippen MR) is 120 cm³/mol. The van der Waals surface area contributed by atoms with Gasteiger partial charge in [-0.15, -0.1) is 10.2 Å². The van der Waals surface area contributed by atoms with Crippen LogP contribution in [0.25, 0.3) is 16.7 Å². The molecule has 4 rings (SSSR count). The molecular weight excluding hydrogens is 415 g/mol. The topological polar surface area (TPSA) is 69.3 Å². The molecule has 160 valence electrons. The number of nitrogens with zero attached hydrogens (tertiary/aromatic N) is 4. The van der Waals surface area contributed by atoms with Crippen molar-refractivity contribution < 1.29 is 9.18 Å². The molecule has 2 heterocycles. The first kappa shape index (κ1) is 21.2. The third-order valence-electron chi connectivity index (χ3n) is 5.24. The van der Waals surface area contributed by atoms with Crippen LogP contribution >= 0.6 is 11.8 Å². The monoisotopic (exact) mass is 438 g/mol. The van der Waals surface area contributed by atoms with Gasteiger partial charge in [-0.05, 0) is 49.7 Å². The van der Waals surface area contributed by atoms with E-state index >= 15 is 0 Å². The fourth-order valence-electron chi connectivity index (χ4n) is 3.59. The molecule has 0 amide bonds. The summed E-state index contributed by atoms with van der Waals surface area (Å²) < 4.78 is 16.7. The van der Waals surface area contributed by atoms with Crippen LogP contribution in [0.15, 0.2) is 58.5 Å². The lowest BCUT2D eigenvalue weighted by molar-refractivity contribution is 0.0994. The summed E-state index contributed by atoms with van der Waals surface area (Å²) in [5.41, 5.74) is 1.07. The lowest BCUT2D eigenvalue weighted by Crippen LogP contribution is -2.23. The van der Waals surface area contributed by atoms with Crippen LogP contribution < -0.4 is 5.56 Å². The number of carbonyl (C=O) groups excluding carboxylic acids is 1. The van der Waals surface area contributed by atoms with Gasteiger partial charge in [0.1, 0.15) is 5.82 Å². The Morgan fingerprint density at radius 2 is 1.84 bits per heavy atom. The number of ketones is 1. The van der Waals surface area contributed by atoms with Gasteiger partial charge in [-0.2, -0.15) is 0 Å². The highest BCUT2D eigenvalue weighted by molar-refractivity contribution is 8.00. The number of benzene rings is 2. The molecule has 1 atom stereocenters. The minimum absolute atomic E-state index is 0.0846. The van der Waals surface area contributed by atoms with E-state index in [0.717, 1.165) is 19.3 Å². The van der Waals surface area contributed by atoms with E-state index < -0.39 is 5.25 Å². The summed E-state index contributed by atoms with van der Waals surface area (Å²) in [6, 6.07) is 12.9. The first-order valence-electron chi connectivity index (χ1n) is 10.3. The molecule has 6 nitrogen and oxygen atoms in total. The maximum atomic E-state index is 13.2. The number of halogens is 1. The zero-order valence-corrected chi connectivity index (χ0v) is 18.2. The van der Waals surface area contributed by atoms with Gasteiger partial charge in [0.2, 0.25) is 5.78 Å². The Hall–Kier alpha value is -3.00. The normalized spacial score (nSPS) is 12.5. The van der Waals surface area contributed by atoms with Gasteiger partial charge >= 0.3 is 0 Å². The molecule has 4 aromatic rings. The van der Waals surface area contributed by atoms with Gasteiger partial charge in [0.15, 0.2) is 10.9 Å². The molecule has 2 aromatic carbocycles. The van der Waals surface area contributed by atoms with Crippen molar-refractivity contribution in [2.75, 3.05) is 0 Å². The SMILES string of the molecule is CCCCCn1c(=O)c2ccccc2n2c(SC(C)C(=O)c3ccc(F)cc3)nnc12.